The molecule has 1 unspecified atom stereocenters. The number of likely N-dealkylation sites (tertiary alicyclic amines) is 1. The molecule has 2 fully saturated rings. The molecule has 1 aromatic rings. The first kappa shape index (κ1) is 17.7. The van der Waals surface area contributed by atoms with Crippen molar-refractivity contribution in [2.24, 2.45) is 5.92 Å². The van der Waals surface area contributed by atoms with Crippen LogP contribution in [0.15, 0.2) is 23.1 Å². The fourth-order valence-corrected chi connectivity index (χ4v) is 5.48. The lowest BCUT2D eigenvalue weighted by Crippen LogP contribution is -2.39. The van der Waals surface area contributed by atoms with Gasteiger partial charge in [-0.3, -0.25) is 4.79 Å². The second-order valence-electron chi connectivity index (χ2n) is 6.75. The largest absolute Gasteiger partial charge is 0.338 e. The molecular weight excluding hydrogens is 348 g/mol. The van der Waals surface area contributed by atoms with Gasteiger partial charge < -0.3 is 4.90 Å². The van der Waals surface area contributed by atoms with Gasteiger partial charge in [0.25, 0.3) is 5.91 Å². The molecule has 0 bridgehead atoms. The van der Waals surface area contributed by atoms with E-state index in [1.165, 1.54) is 16.4 Å². The van der Waals surface area contributed by atoms with Crippen LogP contribution in [-0.2, 0) is 10.0 Å². The van der Waals surface area contributed by atoms with E-state index >= 15 is 0 Å². The van der Waals surface area contributed by atoms with Gasteiger partial charge in [0.05, 0.1) is 5.02 Å². The van der Waals surface area contributed by atoms with Crippen molar-refractivity contribution in [3.05, 3.63) is 28.8 Å². The van der Waals surface area contributed by atoms with Crippen molar-refractivity contribution in [2.45, 2.75) is 37.5 Å². The van der Waals surface area contributed by atoms with Crippen molar-refractivity contribution in [2.75, 3.05) is 26.2 Å². The minimum absolute atomic E-state index is 0.0435. The van der Waals surface area contributed by atoms with E-state index in [0.717, 1.165) is 38.8 Å². The smallest absolute Gasteiger partial charge is 0.253 e. The molecule has 3 rings (SSSR count). The van der Waals surface area contributed by atoms with Crippen molar-refractivity contribution in [1.82, 2.24) is 9.21 Å². The molecule has 0 saturated carbocycles. The van der Waals surface area contributed by atoms with Crippen LogP contribution < -0.4 is 0 Å². The van der Waals surface area contributed by atoms with Crippen molar-refractivity contribution in [3.8, 4) is 0 Å². The number of benzene rings is 1. The summed E-state index contributed by atoms with van der Waals surface area (Å²) in [5.74, 6) is 0.360. The number of carbonyl (C=O) groups is 1. The molecule has 1 aromatic carbocycles. The van der Waals surface area contributed by atoms with Crippen LogP contribution in [0, 0.1) is 5.92 Å². The molecule has 132 valence electrons. The number of halogens is 1. The third kappa shape index (κ3) is 3.46. The molecule has 5 nitrogen and oxygen atoms in total. The first-order chi connectivity index (χ1) is 11.4. The van der Waals surface area contributed by atoms with E-state index < -0.39 is 10.0 Å². The summed E-state index contributed by atoms with van der Waals surface area (Å²) in [6.45, 7) is 4.60. The molecular formula is C17H23ClN2O3S. The maximum atomic E-state index is 12.8. The number of amides is 1. The van der Waals surface area contributed by atoms with Crippen molar-refractivity contribution >= 4 is 27.5 Å². The van der Waals surface area contributed by atoms with E-state index in [9.17, 15) is 13.2 Å². The van der Waals surface area contributed by atoms with Crippen molar-refractivity contribution in [1.29, 1.82) is 0 Å². The summed E-state index contributed by atoms with van der Waals surface area (Å²) in [6.07, 6.45) is 3.83. The summed E-state index contributed by atoms with van der Waals surface area (Å²) < 4.78 is 27.0. The maximum absolute atomic E-state index is 12.8. The van der Waals surface area contributed by atoms with Crippen LogP contribution in [0.3, 0.4) is 0 Å². The number of sulfonamides is 1. The molecule has 1 amide bonds. The molecule has 0 aliphatic carbocycles. The lowest BCUT2D eigenvalue weighted by Gasteiger charge is -2.31. The van der Waals surface area contributed by atoms with E-state index in [-0.39, 0.29) is 15.8 Å². The summed E-state index contributed by atoms with van der Waals surface area (Å²) in [5.41, 5.74) is 0.395. The third-order valence-electron chi connectivity index (χ3n) is 4.81. The predicted molar refractivity (Wildman–Crippen MR) is 93.7 cm³/mol. The molecule has 0 radical (unpaired) electrons. The lowest BCUT2D eigenvalue weighted by molar-refractivity contribution is 0.0683. The number of nitrogens with zero attached hydrogens (tertiary/aromatic N) is 2. The van der Waals surface area contributed by atoms with Gasteiger partial charge in [-0.1, -0.05) is 18.5 Å². The van der Waals surface area contributed by atoms with Crippen LogP contribution in [0.2, 0.25) is 5.02 Å². The lowest BCUT2D eigenvalue weighted by atomic mass is 9.99. The van der Waals surface area contributed by atoms with E-state index in [0.29, 0.717) is 24.6 Å². The first-order valence-corrected chi connectivity index (χ1v) is 10.3. The average Bonchev–Trinajstić information content (AvgIpc) is 3.10. The van der Waals surface area contributed by atoms with Crippen LogP contribution in [0.1, 0.15) is 43.0 Å². The van der Waals surface area contributed by atoms with Gasteiger partial charge in [0.2, 0.25) is 10.0 Å². The highest BCUT2D eigenvalue weighted by Crippen LogP contribution is 2.29. The second kappa shape index (κ2) is 7.02. The highest BCUT2D eigenvalue weighted by atomic mass is 35.5. The molecule has 0 aromatic heterocycles. The SMILES string of the molecule is CC1CCCN(C(=O)c2ccc(Cl)c(S(=O)(=O)N3CCCC3)c2)C1. The Hall–Kier alpha value is -1.11. The highest BCUT2D eigenvalue weighted by molar-refractivity contribution is 7.89. The van der Waals surface area contributed by atoms with Crippen molar-refractivity contribution in [3.63, 3.8) is 0 Å². The van der Waals surface area contributed by atoms with Gasteiger partial charge in [-0.25, -0.2) is 8.42 Å². The van der Waals surface area contributed by atoms with Crippen LogP contribution in [-0.4, -0.2) is 49.7 Å². The standard InChI is InChI=1S/C17H23ClN2O3S/c1-13-5-4-8-19(12-13)17(21)14-6-7-15(18)16(11-14)24(22,23)20-9-2-3-10-20/h6-7,11,13H,2-5,8-10,12H2,1H3. The predicted octanol–water partition coefficient (Wildman–Crippen LogP) is 3.00. The van der Waals surface area contributed by atoms with Gasteiger partial charge in [-0.2, -0.15) is 4.31 Å². The Kier molecular flexibility index (Phi) is 5.18. The van der Waals surface area contributed by atoms with Crippen LogP contribution in [0.4, 0.5) is 0 Å². The Labute approximate surface area is 148 Å². The quantitative estimate of drug-likeness (QED) is 0.821. The van der Waals surface area contributed by atoms with Crippen molar-refractivity contribution < 1.29 is 13.2 Å². The summed E-state index contributed by atoms with van der Waals surface area (Å²) in [5, 5.41) is 0.172. The summed E-state index contributed by atoms with van der Waals surface area (Å²) >= 11 is 6.14. The Morgan fingerprint density at radius 2 is 1.88 bits per heavy atom. The molecule has 0 N–H and O–H groups in total. The monoisotopic (exact) mass is 370 g/mol. The highest BCUT2D eigenvalue weighted by Gasteiger charge is 2.30. The first-order valence-electron chi connectivity index (χ1n) is 8.48. The van der Waals surface area contributed by atoms with Gasteiger partial charge in [0, 0.05) is 31.7 Å². The molecule has 2 heterocycles. The Morgan fingerprint density at radius 3 is 2.54 bits per heavy atom. The number of hydrogen-bond acceptors (Lipinski definition) is 3. The summed E-state index contributed by atoms with van der Waals surface area (Å²) in [4.78, 5) is 14.6. The van der Waals surface area contributed by atoms with Crippen LogP contribution in [0.25, 0.3) is 0 Å². The second-order valence-corrected chi connectivity index (χ2v) is 9.07. The molecule has 2 aliphatic heterocycles. The third-order valence-corrected chi connectivity index (χ3v) is 7.19. The molecule has 0 spiro atoms. The number of piperidine rings is 1. The molecule has 1 atom stereocenters. The van der Waals surface area contributed by atoms with E-state index in [4.69, 9.17) is 11.6 Å². The Bertz CT molecular complexity index is 729. The average molecular weight is 371 g/mol. The molecule has 7 heteroatoms. The van der Waals surface area contributed by atoms with Crippen LogP contribution in [0.5, 0.6) is 0 Å². The zero-order valence-electron chi connectivity index (χ0n) is 13.9. The van der Waals surface area contributed by atoms with Crippen LogP contribution >= 0.6 is 11.6 Å². The number of rotatable bonds is 3. The topological polar surface area (TPSA) is 57.7 Å². The van der Waals surface area contributed by atoms with E-state index in [1.54, 1.807) is 6.07 Å². The molecule has 24 heavy (non-hydrogen) atoms. The summed E-state index contributed by atoms with van der Waals surface area (Å²) in [6, 6.07) is 4.58. The molecule has 2 saturated heterocycles. The minimum Gasteiger partial charge on any atom is -0.338 e. The van der Waals surface area contributed by atoms with Gasteiger partial charge in [0.15, 0.2) is 0 Å². The van der Waals surface area contributed by atoms with E-state index in [2.05, 4.69) is 6.92 Å². The van der Waals surface area contributed by atoms with E-state index in [1.807, 2.05) is 4.90 Å². The molecule has 2 aliphatic rings. The van der Waals surface area contributed by atoms with Gasteiger partial charge in [0.1, 0.15) is 4.90 Å². The number of carbonyl (C=O) groups excluding carboxylic acids is 1. The zero-order chi connectivity index (χ0) is 17.3. The van der Waals surface area contributed by atoms with Gasteiger partial charge >= 0.3 is 0 Å². The number of hydrogen-bond donors (Lipinski definition) is 0. The zero-order valence-corrected chi connectivity index (χ0v) is 15.4. The maximum Gasteiger partial charge on any atom is 0.253 e. The Balaban J connectivity index is 1.90. The normalized spacial score (nSPS) is 22.8. The fraction of sp³-hybridized carbons (Fsp3) is 0.588. The summed E-state index contributed by atoms with van der Waals surface area (Å²) in [7, 11) is -3.64. The minimum atomic E-state index is -3.64. The fourth-order valence-electron chi connectivity index (χ4n) is 3.46. The van der Waals surface area contributed by atoms with Gasteiger partial charge in [-0.15, -0.1) is 0 Å². The Morgan fingerprint density at radius 1 is 1.17 bits per heavy atom. The van der Waals surface area contributed by atoms with Gasteiger partial charge in [-0.05, 0) is 49.8 Å².